The third-order valence-electron chi connectivity index (χ3n) is 3.51. The molecule has 3 aromatic rings. The molecule has 0 aliphatic rings. The minimum absolute atomic E-state index is 0.0671. The number of carbonyl (C=O) groups excluding carboxylic acids is 1. The lowest BCUT2D eigenvalue weighted by atomic mass is 10.2. The number of benzene rings is 2. The fourth-order valence-electron chi connectivity index (χ4n) is 2.19. The highest BCUT2D eigenvalue weighted by atomic mass is 19.1. The molecule has 0 saturated carbocycles. The summed E-state index contributed by atoms with van der Waals surface area (Å²) in [7, 11) is 0. The van der Waals surface area contributed by atoms with Crippen molar-refractivity contribution in [1.82, 2.24) is 9.97 Å². The molecule has 25 heavy (non-hydrogen) atoms. The van der Waals surface area contributed by atoms with Gasteiger partial charge in [-0.15, -0.1) is 0 Å². The minimum Gasteiger partial charge on any atom is -0.335 e. The Morgan fingerprint density at radius 2 is 1.72 bits per heavy atom. The zero-order valence-corrected chi connectivity index (χ0v) is 13.3. The van der Waals surface area contributed by atoms with Crippen molar-refractivity contribution < 1.29 is 13.6 Å². The second-order valence-corrected chi connectivity index (χ2v) is 5.28. The van der Waals surface area contributed by atoms with E-state index in [1.54, 1.807) is 12.1 Å². The van der Waals surface area contributed by atoms with Crippen LogP contribution in [-0.2, 0) is 0 Å². The van der Waals surface area contributed by atoms with Gasteiger partial charge in [-0.05, 0) is 30.7 Å². The normalized spacial score (nSPS) is 10.4. The van der Waals surface area contributed by atoms with Gasteiger partial charge < -0.3 is 10.6 Å². The van der Waals surface area contributed by atoms with E-state index in [4.69, 9.17) is 0 Å². The molecule has 0 aliphatic heterocycles. The SMILES string of the molecule is Cc1ccccc1NC(=O)c1cc(Nc2c(F)cccc2F)ncn1. The molecule has 1 heterocycles. The molecule has 126 valence electrons. The van der Waals surface area contributed by atoms with Gasteiger partial charge in [0.1, 0.15) is 35.2 Å². The van der Waals surface area contributed by atoms with Crippen LogP contribution in [0.25, 0.3) is 0 Å². The molecule has 7 heteroatoms. The first-order valence-electron chi connectivity index (χ1n) is 7.44. The standard InChI is InChI=1S/C18H14F2N4O/c1-11-5-2-3-8-14(11)23-18(25)15-9-16(22-10-21-15)24-17-12(19)6-4-7-13(17)20/h2-10H,1H3,(H,23,25)(H,21,22,24). The summed E-state index contributed by atoms with van der Waals surface area (Å²) in [5, 5.41) is 5.27. The summed E-state index contributed by atoms with van der Waals surface area (Å²) >= 11 is 0. The van der Waals surface area contributed by atoms with Gasteiger partial charge >= 0.3 is 0 Å². The summed E-state index contributed by atoms with van der Waals surface area (Å²) in [4.78, 5) is 20.1. The van der Waals surface area contributed by atoms with Crippen molar-refractivity contribution in [1.29, 1.82) is 0 Å². The number of hydrogen-bond acceptors (Lipinski definition) is 4. The van der Waals surface area contributed by atoms with Gasteiger partial charge in [-0.1, -0.05) is 24.3 Å². The monoisotopic (exact) mass is 340 g/mol. The van der Waals surface area contributed by atoms with E-state index >= 15 is 0 Å². The smallest absolute Gasteiger partial charge is 0.274 e. The summed E-state index contributed by atoms with van der Waals surface area (Å²) in [6, 6.07) is 12.1. The van der Waals surface area contributed by atoms with Gasteiger partial charge in [0.15, 0.2) is 0 Å². The Balaban J connectivity index is 1.82. The maximum absolute atomic E-state index is 13.7. The molecule has 0 atom stereocenters. The highest BCUT2D eigenvalue weighted by Gasteiger charge is 2.13. The lowest BCUT2D eigenvalue weighted by molar-refractivity contribution is 0.102. The Hall–Kier alpha value is -3.35. The van der Waals surface area contributed by atoms with Crippen molar-refractivity contribution >= 4 is 23.1 Å². The number of carbonyl (C=O) groups is 1. The van der Waals surface area contributed by atoms with Crippen LogP contribution >= 0.6 is 0 Å². The number of anilines is 3. The van der Waals surface area contributed by atoms with E-state index in [1.807, 2.05) is 19.1 Å². The quantitative estimate of drug-likeness (QED) is 0.752. The maximum atomic E-state index is 13.7. The molecule has 0 unspecified atom stereocenters. The third kappa shape index (κ3) is 3.77. The van der Waals surface area contributed by atoms with Crippen LogP contribution in [0.4, 0.5) is 26.0 Å². The van der Waals surface area contributed by atoms with Gasteiger partial charge in [0.2, 0.25) is 0 Å². The van der Waals surface area contributed by atoms with Gasteiger partial charge in [0.05, 0.1) is 0 Å². The maximum Gasteiger partial charge on any atom is 0.274 e. The highest BCUT2D eigenvalue weighted by Crippen LogP contribution is 2.22. The molecule has 1 aromatic heterocycles. The molecule has 5 nitrogen and oxygen atoms in total. The summed E-state index contributed by atoms with van der Waals surface area (Å²) in [5.74, 6) is -1.86. The number of hydrogen-bond donors (Lipinski definition) is 2. The van der Waals surface area contributed by atoms with E-state index in [2.05, 4.69) is 20.6 Å². The molecule has 0 aliphatic carbocycles. The lowest BCUT2D eigenvalue weighted by Crippen LogP contribution is -2.15. The molecule has 0 radical (unpaired) electrons. The third-order valence-corrected chi connectivity index (χ3v) is 3.51. The predicted molar refractivity (Wildman–Crippen MR) is 90.8 cm³/mol. The second-order valence-electron chi connectivity index (χ2n) is 5.28. The molecule has 1 amide bonds. The Morgan fingerprint density at radius 3 is 2.44 bits per heavy atom. The van der Waals surface area contributed by atoms with Crippen LogP contribution in [0.3, 0.4) is 0 Å². The predicted octanol–water partition coefficient (Wildman–Crippen LogP) is 4.06. The second kappa shape index (κ2) is 7.04. The first-order valence-corrected chi connectivity index (χ1v) is 7.44. The summed E-state index contributed by atoms with van der Waals surface area (Å²) < 4.78 is 27.4. The molecule has 0 spiro atoms. The first kappa shape index (κ1) is 16.5. The highest BCUT2D eigenvalue weighted by molar-refractivity contribution is 6.03. The zero-order valence-electron chi connectivity index (χ0n) is 13.3. The fraction of sp³-hybridized carbons (Fsp3) is 0.0556. The van der Waals surface area contributed by atoms with Gasteiger partial charge in [0, 0.05) is 11.8 Å². The number of nitrogens with zero attached hydrogens (tertiary/aromatic N) is 2. The van der Waals surface area contributed by atoms with Gasteiger partial charge in [-0.3, -0.25) is 4.79 Å². The van der Waals surface area contributed by atoms with E-state index < -0.39 is 17.5 Å². The number of amides is 1. The molecule has 0 fully saturated rings. The van der Waals surface area contributed by atoms with Crippen molar-refractivity contribution in [3.05, 3.63) is 77.8 Å². The number of aromatic nitrogens is 2. The van der Waals surface area contributed by atoms with Crippen LogP contribution in [0.15, 0.2) is 54.9 Å². The number of rotatable bonds is 4. The molecule has 0 bridgehead atoms. The molecular weight excluding hydrogens is 326 g/mol. The number of nitrogens with one attached hydrogen (secondary N) is 2. The molecule has 0 saturated heterocycles. The van der Waals surface area contributed by atoms with Crippen LogP contribution in [0.2, 0.25) is 0 Å². The van der Waals surface area contributed by atoms with E-state index in [-0.39, 0.29) is 17.2 Å². The Kier molecular flexibility index (Phi) is 4.65. The van der Waals surface area contributed by atoms with Crippen molar-refractivity contribution in [2.75, 3.05) is 10.6 Å². The Bertz CT molecular complexity index is 910. The van der Waals surface area contributed by atoms with Crippen molar-refractivity contribution in [3.63, 3.8) is 0 Å². The van der Waals surface area contributed by atoms with Crippen LogP contribution in [-0.4, -0.2) is 15.9 Å². The van der Waals surface area contributed by atoms with E-state index in [0.717, 1.165) is 24.0 Å². The van der Waals surface area contributed by atoms with Crippen molar-refractivity contribution in [3.8, 4) is 0 Å². The largest absolute Gasteiger partial charge is 0.335 e. The average molecular weight is 340 g/mol. The first-order chi connectivity index (χ1) is 12.0. The number of para-hydroxylation sites is 2. The molecule has 2 aromatic carbocycles. The van der Waals surface area contributed by atoms with E-state index in [1.165, 1.54) is 12.1 Å². The van der Waals surface area contributed by atoms with Gasteiger partial charge in [-0.25, -0.2) is 18.7 Å². The summed E-state index contributed by atoms with van der Waals surface area (Å²) in [5.41, 5.74) is 1.28. The molecular formula is C18H14F2N4O. The van der Waals surface area contributed by atoms with Gasteiger partial charge in [-0.2, -0.15) is 0 Å². The van der Waals surface area contributed by atoms with E-state index in [9.17, 15) is 13.6 Å². The molecule has 3 rings (SSSR count). The van der Waals surface area contributed by atoms with Crippen molar-refractivity contribution in [2.45, 2.75) is 6.92 Å². The van der Waals surface area contributed by atoms with Gasteiger partial charge in [0.25, 0.3) is 5.91 Å². The topological polar surface area (TPSA) is 66.9 Å². The number of halogens is 2. The Labute approximate surface area is 142 Å². The van der Waals surface area contributed by atoms with E-state index in [0.29, 0.717) is 5.69 Å². The minimum atomic E-state index is -0.760. The number of aryl methyl sites for hydroxylation is 1. The van der Waals surface area contributed by atoms with Crippen molar-refractivity contribution in [2.24, 2.45) is 0 Å². The van der Waals surface area contributed by atoms with Crippen LogP contribution in [0.5, 0.6) is 0 Å². The zero-order chi connectivity index (χ0) is 17.8. The summed E-state index contributed by atoms with van der Waals surface area (Å²) in [6.07, 6.45) is 1.15. The lowest BCUT2D eigenvalue weighted by Gasteiger charge is -2.10. The fourth-order valence-corrected chi connectivity index (χ4v) is 2.19. The Morgan fingerprint density at radius 1 is 1.00 bits per heavy atom. The molecule has 2 N–H and O–H groups in total. The van der Waals surface area contributed by atoms with Crippen LogP contribution in [0, 0.1) is 18.6 Å². The van der Waals surface area contributed by atoms with Crippen LogP contribution < -0.4 is 10.6 Å². The average Bonchev–Trinajstić information content (AvgIpc) is 2.60. The summed E-state index contributed by atoms with van der Waals surface area (Å²) in [6.45, 7) is 1.86. The van der Waals surface area contributed by atoms with Crippen LogP contribution in [0.1, 0.15) is 16.1 Å².